The summed E-state index contributed by atoms with van der Waals surface area (Å²) in [7, 11) is 0. The van der Waals surface area contributed by atoms with E-state index in [-0.39, 0.29) is 19.0 Å². The number of nitrogens with zero attached hydrogens (tertiary/aromatic N) is 2. The largest absolute Gasteiger partial charge is 0.481 e. The summed E-state index contributed by atoms with van der Waals surface area (Å²) in [6.07, 6.45) is -4.09. The van der Waals surface area contributed by atoms with Crippen molar-refractivity contribution in [3.63, 3.8) is 0 Å². The number of piperidine rings is 1. The Labute approximate surface area is 111 Å². The third-order valence-corrected chi connectivity index (χ3v) is 3.16. The van der Waals surface area contributed by atoms with Crippen LogP contribution < -0.4 is 10.5 Å². The van der Waals surface area contributed by atoms with Crippen molar-refractivity contribution in [2.24, 2.45) is 5.92 Å². The molecule has 1 aliphatic heterocycles. The zero-order valence-electron chi connectivity index (χ0n) is 10.3. The first-order valence-corrected chi connectivity index (χ1v) is 5.93. The van der Waals surface area contributed by atoms with Gasteiger partial charge in [0.05, 0.1) is 5.92 Å². The normalized spacial score (nSPS) is 17.2. The van der Waals surface area contributed by atoms with Crippen molar-refractivity contribution in [3.05, 3.63) is 22.1 Å². The average Bonchev–Trinajstić information content (AvgIpc) is 2.37. The Morgan fingerprint density at radius 1 is 1.40 bits per heavy atom. The fourth-order valence-electron chi connectivity index (χ4n) is 2.08. The molecule has 0 bridgehead atoms. The van der Waals surface area contributed by atoms with Gasteiger partial charge in [-0.05, 0) is 12.8 Å². The molecule has 0 aliphatic carbocycles. The quantitative estimate of drug-likeness (QED) is 0.852. The molecular formula is C11H12F3N3O3. The number of halogens is 3. The van der Waals surface area contributed by atoms with Crippen LogP contribution in [0.5, 0.6) is 0 Å². The van der Waals surface area contributed by atoms with E-state index >= 15 is 0 Å². The van der Waals surface area contributed by atoms with Gasteiger partial charge in [-0.25, -0.2) is 4.98 Å². The molecule has 1 fully saturated rings. The molecule has 1 aromatic rings. The van der Waals surface area contributed by atoms with Crippen LogP contribution in [0.25, 0.3) is 0 Å². The average molecular weight is 291 g/mol. The minimum absolute atomic E-state index is 0.173. The third kappa shape index (κ3) is 3.09. The van der Waals surface area contributed by atoms with Gasteiger partial charge in [0.1, 0.15) is 0 Å². The van der Waals surface area contributed by atoms with Gasteiger partial charge in [-0.2, -0.15) is 13.2 Å². The summed E-state index contributed by atoms with van der Waals surface area (Å²) in [5, 5.41) is 8.85. The van der Waals surface area contributed by atoms with Crippen LogP contribution in [0.2, 0.25) is 0 Å². The van der Waals surface area contributed by atoms with Gasteiger partial charge in [-0.1, -0.05) is 0 Å². The molecule has 1 aromatic heterocycles. The number of carbonyl (C=O) groups is 1. The van der Waals surface area contributed by atoms with Crippen molar-refractivity contribution in [2.45, 2.75) is 19.0 Å². The molecule has 2 rings (SSSR count). The van der Waals surface area contributed by atoms with Crippen LogP contribution in [0.15, 0.2) is 10.9 Å². The summed E-state index contributed by atoms with van der Waals surface area (Å²) in [5.74, 6) is -1.60. The SMILES string of the molecule is O=C(O)C1CCN(c2nc(C(F)(F)F)cc(=O)[nH]2)CC1. The number of rotatable bonds is 2. The Morgan fingerprint density at radius 2 is 2.00 bits per heavy atom. The van der Waals surface area contributed by atoms with Crippen molar-refractivity contribution in [3.8, 4) is 0 Å². The molecule has 1 saturated heterocycles. The highest BCUT2D eigenvalue weighted by molar-refractivity contribution is 5.70. The number of hydrogen-bond acceptors (Lipinski definition) is 4. The molecule has 0 atom stereocenters. The zero-order valence-corrected chi connectivity index (χ0v) is 10.3. The van der Waals surface area contributed by atoms with Gasteiger partial charge in [0.25, 0.3) is 5.56 Å². The minimum atomic E-state index is -4.69. The second kappa shape index (κ2) is 5.14. The maximum Gasteiger partial charge on any atom is 0.433 e. The van der Waals surface area contributed by atoms with Gasteiger partial charge in [0, 0.05) is 19.2 Å². The Balaban J connectivity index is 2.20. The lowest BCUT2D eigenvalue weighted by molar-refractivity contribution is -0.142. The molecular weight excluding hydrogens is 279 g/mol. The van der Waals surface area contributed by atoms with E-state index in [1.807, 2.05) is 0 Å². The van der Waals surface area contributed by atoms with Crippen molar-refractivity contribution in [1.82, 2.24) is 9.97 Å². The summed E-state index contributed by atoms with van der Waals surface area (Å²) in [6.45, 7) is 0.475. The minimum Gasteiger partial charge on any atom is -0.481 e. The Morgan fingerprint density at radius 3 is 2.50 bits per heavy atom. The van der Waals surface area contributed by atoms with Crippen molar-refractivity contribution >= 4 is 11.9 Å². The number of hydrogen-bond donors (Lipinski definition) is 2. The highest BCUT2D eigenvalue weighted by atomic mass is 19.4. The predicted molar refractivity (Wildman–Crippen MR) is 62.4 cm³/mol. The highest BCUT2D eigenvalue weighted by Crippen LogP contribution is 2.28. The molecule has 0 saturated carbocycles. The van der Waals surface area contributed by atoms with Crippen molar-refractivity contribution < 1.29 is 23.1 Å². The van der Waals surface area contributed by atoms with Gasteiger partial charge < -0.3 is 10.0 Å². The van der Waals surface area contributed by atoms with Gasteiger partial charge in [0.15, 0.2) is 5.69 Å². The summed E-state index contributed by atoms with van der Waals surface area (Å²) in [4.78, 5) is 29.1. The Bertz CT molecular complexity index is 562. The smallest absolute Gasteiger partial charge is 0.433 e. The van der Waals surface area contributed by atoms with Gasteiger partial charge >= 0.3 is 12.1 Å². The molecule has 20 heavy (non-hydrogen) atoms. The number of alkyl halides is 3. The van der Waals surface area contributed by atoms with Crippen molar-refractivity contribution in [1.29, 1.82) is 0 Å². The Kier molecular flexibility index (Phi) is 3.69. The second-order valence-corrected chi connectivity index (χ2v) is 4.55. The van der Waals surface area contributed by atoms with Gasteiger partial charge in [-0.15, -0.1) is 0 Å². The number of aliphatic carboxylic acids is 1. The molecule has 110 valence electrons. The summed E-state index contributed by atoms with van der Waals surface area (Å²) in [5.41, 5.74) is -2.14. The second-order valence-electron chi connectivity index (χ2n) is 4.55. The van der Waals surface area contributed by atoms with E-state index in [1.165, 1.54) is 4.90 Å². The molecule has 0 radical (unpaired) electrons. The molecule has 0 spiro atoms. The topological polar surface area (TPSA) is 86.3 Å². The monoisotopic (exact) mass is 291 g/mol. The lowest BCUT2D eigenvalue weighted by Crippen LogP contribution is -2.38. The molecule has 0 unspecified atom stereocenters. The molecule has 9 heteroatoms. The molecule has 2 N–H and O–H groups in total. The molecule has 6 nitrogen and oxygen atoms in total. The lowest BCUT2D eigenvalue weighted by Gasteiger charge is -2.30. The van der Waals surface area contributed by atoms with E-state index in [9.17, 15) is 22.8 Å². The van der Waals surface area contributed by atoms with Crippen molar-refractivity contribution in [2.75, 3.05) is 18.0 Å². The first kappa shape index (κ1) is 14.4. The number of carboxylic acids is 1. The number of aromatic nitrogens is 2. The van der Waals surface area contributed by atoms with E-state index in [0.29, 0.717) is 18.9 Å². The number of anilines is 1. The molecule has 0 aromatic carbocycles. The first-order chi connectivity index (χ1) is 9.27. The summed E-state index contributed by atoms with van der Waals surface area (Å²) < 4.78 is 37.7. The van der Waals surface area contributed by atoms with E-state index in [0.717, 1.165) is 0 Å². The summed E-state index contributed by atoms with van der Waals surface area (Å²) >= 11 is 0. The van der Waals surface area contributed by atoms with Crippen LogP contribution in [0.3, 0.4) is 0 Å². The van der Waals surface area contributed by atoms with E-state index in [2.05, 4.69) is 9.97 Å². The van der Waals surface area contributed by atoms with Crippen LogP contribution in [0.1, 0.15) is 18.5 Å². The number of nitrogens with one attached hydrogen (secondary N) is 1. The summed E-state index contributed by atoms with van der Waals surface area (Å²) in [6, 6.07) is 0.396. The van der Waals surface area contributed by atoms with Gasteiger partial charge in [0.2, 0.25) is 5.95 Å². The van der Waals surface area contributed by atoms with Crippen LogP contribution in [0.4, 0.5) is 19.1 Å². The molecule has 2 heterocycles. The zero-order chi connectivity index (χ0) is 14.9. The lowest BCUT2D eigenvalue weighted by atomic mass is 9.97. The number of carboxylic acid groups (broad SMARTS) is 1. The fourth-order valence-corrected chi connectivity index (χ4v) is 2.08. The Hall–Kier alpha value is -2.06. The third-order valence-electron chi connectivity index (χ3n) is 3.16. The van der Waals surface area contributed by atoms with Gasteiger partial charge in [-0.3, -0.25) is 14.6 Å². The molecule has 1 aliphatic rings. The standard InChI is InChI=1S/C11H12F3N3O3/c12-11(13,14)7-5-8(18)16-10(15-7)17-3-1-6(2-4-17)9(19)20/h5-6H,1-4H2,(H,19,20)(H,15,16,18). The predicted octanol–water partition coefficient (Wildman–Crippen LogP) is 1.09. The van der Waals surface area contributed by atoms with Crippen LogP contribution >= 0.6 is 0 Å². The highest BCUT2D eigenvalue weighted by Gasteiger charge is 2.34. The maximum absolute atomic E-state index is 12.6. The van der Waals surface area contributed by atoms with E-state index in [1.54, 1.807) is 0 Å². The molecule has 0 amide bonds. The fraction of sp³-hybridized carbons (Fsp3) is 0.545. The van der Waals surface area contributed by atoms with Crippen LogP contribution in [-0.2, 0) is 11.0 Å². The van der Waals surface area contributed by atoms with Crippen LogP contribution in [-0.4, -0.2) is 34.1 Å². The first-order valence-electron chi connectivity index (χ1n) is 5.93. The number of H-pyrrole nitrogens is 1. The van der Waals surface area contributed by atoms with E-state index < -0.39 is 29.3 Å². The van der Waals surface area contributed by atoms with E-state index in [4.69, 9.17) is 5.11 Å². The van der Waals surface area contributed by atoms with Crippen LogP contribution in [0, 0.1) is 5.92 Å². The maximum atomic E-state index is 12.6. The number of aromatic amines is 1.